The van der Waals surface area contributed by atoms with E-state index in [-0.39, 0.29) is 12.4 Å². The number of halogens is 1. The zero-order valence-electron chi connectivity index (χ0n) is 8.65. The summed E-state index contributed by atoms with van der Waals surface area (Å²) in [6, 6.07) is 3.30. The SMILES string of the molecule is COc1cc(C=O)cc(CN)c1OC.Cl. The highest BCUT2D eigenvalue weighted by Gasteiger charge is 2.10. The van der Waals surface area contributed by atoms with Crippen LogP contribution in [0.1, 0.15) is 15.9 Å². The number of nitrogens with two attached hydrogens (primary N) is 1. The van der Waals surface area contributed by atoms with Gasteiger partial charge in [-0.3, -0.25) is 4.79 Å². The van der Waals surface area contributed by atoms with Gasteiger partial charge in [-0.2, -0.15) is 0 Å². The van der Waals surface area contributed by atoms with Crippen LogP contribution >= 0.6 is 12.4 Å². The Morgan fingerprint density at radius 1 is 1.33 bits per heavy atom. The number of ether oxygens (including phenoxy) is 2. The number of carbonyl (C=O) groups excluding carboxylic acids is 1. The lowest BCUT2D eigenvalue weighted by molar-refractivity contribution is 0.112. The summed E-state index contributed by atoms with van der Waals surface area (Å²) in [4.78, 5) is 10.6. The molecule has 2 N–H and O–H groups in total. The number of carbonyl (C=O) groups is 1. The molecule has 1 aromatic rings. The lowest BCUT2D eigenvalue weighted by Crippen LogP contribution is -2.03. The van der Waals surface area contributed by atoms with E-state index >= 15 is 0 Å². The Morgan fingerprint density at radius 3 is 2.40 bits per heavy atom. The first-order valence-electron chi connectivity index (χ1n) is 4.17. The highest BCUT2D eigenvalue weighted by Crippen LogP contribution is 2.31. The zero-order valence-corrected chi connectivity index (χ0v) is 9.47. The highest BCUT2D eigenvalue weighted by atomic mass is 35.5. The molecule has 0 amide bonds. The normalized spacial score (nSPS) is 9.00. The quantitative estimate of drug-likeness (QED) is 0.796. The van der Waals surface area contributed by atoms with Gasteiger partial charge < -0.3 is 15.2 Å². The van der Waals surface area contributed by atoms with E-state index in [0.717, 1.165) is 11.8 Å². The number of hydrogen-bond donors (Lipinski definition) is 1. The number of rotatable bonds is 4. The Balaban J connectivity index is 0.00000196. The molecule has 0 aliphatic rings. The second-order valence-corrected chi connectivity index (χ2v) is 2.74. The summed E-state index contributed by atoms with van der Waals surface area (Å²) in [5.41, 5.74) is 6.81. The molecule has 1 rings (SSSR count). The van der Waals surface area contributed by atoms with Crippen LogP contribution in [0, 0.1) is 0 Å². The minimum Gasteiger partial charge on any atom is -0.493 e. The third-order valence-electron chi connectivity index (χ3n) is 1.93. The van der Waals surface area contributed by atoms with Crippen molar-refractivity contribution in [3.05, 3.63) is 23.3 Å². The maximum Gasteiger partial charge on any atom is 0.165 e. The van der Waals surface area contributed by atoms with Gasteiger partial charge in [0.2, 0.25) is 0 Å². The molecule has 0 heterocycles. The van der Waals surface area contributed by atoms with E-state index in [1.54, 1.807) is 12.1 Å². The minimum atomic E-state index is 0. The van der Waals surface area contributed by atoms with Crippen molar-refractivity contribution in [1.82, 2.24) is 0 Å². The summed E-state index contributed by atoms with van der Waals surface area (Å²) >= 11 is 0. The Bertz CT molecular complexity index is 316. The fraction of sp³-hybridized carbons (Fsp3) is 0.300. The van der Waals surface area contributed by atoms with E-state index in [1.165, 1.54) is 14.2 Å². The van der Waals surface area contributed by atoms with Gasteiger partial charge >= 0.3 is 0 Å². The van der Waals surface area contributed by atoms with Crippen molar-refractivity contribution in [2.24, 2.45) is 5.73 Å². The number of hydrogen-bond acceptors (Lipinski definition) is 4. The first-order valence-corrected chi connectivity index (χ1v) is 4.17. The first-order chi connectivity index (χ1) is 6.76. The van der Waals surface area contributed by atoms with Crippen molar-refractivity contribution < 1.29 is 14.3 Å². The van der Waals surface area contributed by atoms with Gasteiger partial charge in [0.05, 0.1) is 14.2 Å². The third kappa shape index (κ3) is 2.84. The average Bonchev–Trinajstić information content (AvgIpc) is 2.26. The minimum absolute atomic E-state index is 0. The first kappa shape index (κ1) is 13.7. The second kappa shape index (κ2) is 6.27. The van der Waals surface area contributed by atoms with E-state index in [2.05, 4.69) is 0 Å². The molecule has 0 atom stereocenters. The summed E-state index contributed by atoms with van der Waals surface area (Å²) in [6.07, 6.45) is 0.751. The molecule has 0 saturated heterocycles. The van der Waals surface area contributed by atoms with Crippen molar-refractivity contribution in [2.75, 3.05) is 14.2 Å². The summed E-state index contributed by atoms with van der Waals surface area (Å²) < 4.78 is 10.2. The van der Waals surface area contributed by atoms with Crippen LogP contribution in [0.5, 0.6) is 11.5 Å². The van der Waals surface area contributed by atoms with E-state index in [9.17, 15) is 4.79 Å². The Morgan fingerprint density at radius 2 is 2.00 bits per heavy atom. The largest absolute Gasteiger partial charge is 0.493 e. The zero-order chi connectivity index (χ0) is 10.6. The van der Waals surface area contributed by atoms with Gasteiger partial charge in [0.1, 0.15) is 6.29 Å². The lowest BCUT2D eigenvalue weighted by atomic mass is 10.1. The molecule has 0 aliphatic carbocycles. The molecule has 84 valence electrons. The number of benzene rings is 1. The molecular formula is C10H14ClNO3. The third-order valence-corrected chi connectivity index (χ3v) is 1.93. The molecule has 0 unspecified atom stereocenters. The Labute approximate surface area is 94.8 Å². The Hall–Kier alpha value is -1.26. The maximum atomic E-state index is 10.6. The van der Waals surface area contributed by atoms with Gasteiger partial charge in [-0.1, -0.05) is 0 Å². The van der Waals surface area contributed by atoms with E-state index in [0.29, 0.717) is 23.6 Å². The molecule has 1 aromatic carbocycles. The standard InChI is InChI=1S/C10H13NO3.ClH/c1-13-9-4-7(6-12)3-8(5-11)10(9)14-2;/h3-4,6H,5,11H2,1-2H3;1H. The summed E-state index contributed by atoms with van der Waals surface area (Å²) in [7, 11) is 3.06. The summed E-state index contributed by atoms with van der Waals surface area (Å²) in [6.45, 7) is 0.307. The maximum absolute atomic E-state index is 10.6. The van der Waals surface area contributed by atoms with Gasteiger partial charge in [-0.25, -0.2) is 0 Å². The van der Waals surface area contributed by atoms with Crippen LogP contribution in [0.2, 0.25) is 0 Å². The highest BCUT2D eigenvalue weighted by molar-refractivity contribution is 5.85. The van der Waals surface area contributed by atoms with Crippen LogP contribution in [0.25, 0.3) is 0 Å². The molecule has 4 nitrogen and oxygen atoms in total. The van der Waals surface area contributed by atoms with Crippen LogP contribution in [-0.2, 0) is 6.54 Å². The van der Waals surface area contributed by atoms with Crippen LogP contribution in [0.15, 0.2) is 12.1 Å². The van der Waals surface area contributed by atoms with Crippen LogP contribution in [-0.4, -0.2) is 20.5 Å². The predicted molar refractivity (Wildman–Crippen MR) is 60.1 cm³/mol. The van der Waals surface area contributed by atoms with Crippen molar-refractivity contribution >= 4 is 18.7 Å². The van der Waals surface area contributed by atoms with Crippen LogP contribution < -0.4 is 15.2 Å². The van der Waals surface area contributed by atoms with Crippen LogP contribution in [0.3, 0.4) is 0 Å². The molecular weight excluding hydrogens is 218 g/mol. The van der Waals surface area contributed by atoms with E-state index in [4.69, 9.17) is 15.2 Å². The smallest absolute Gasteiger partial charge is 0.165 e. The average molecular weight is 232 g/mol. The molecule has 0 bridgehead atoms. The lowest BCUT2D eigenvalue weighted by Gasteiger charge is -2.12. The van der Waals surface area contributed by atoms with Gasteiger partial charge in [-0.15, -0.1) is 12.4 Å². The number of methoxy groups -OCH3 is 2. The molecule has 0 spiro atoms. The monoisotopic (exact) mass is 231 g/mol. The van der Waals surface area contributed by atoms with Crippen molar-refractivity contribution in [1.29, 1.82) is 0 Å². The predicted octanol–water partition coefficient (Wildman–Crippen LogP) is 1.40. The molecule has 0 fully saturated rings. The van der Waals surface area contributed by atoms with Crippen molar-refractivity contribution in [2.45, 2.75) is 6.54 Å². The van der Waals surface area contributed by atoms with Gasteiger partial charge in [0.25, 0.3) is 0 Å². The fourth-order valence-electron chi connectivity index (χ4n) is 1.29. The number of aldehydes is 1. The van der Waals surface area contributed by atoms with E-state index in [1.807, 2.05) is 0 Å². The summed E-state index contributed by atoms with van der Waals surface area (Å²) in [5, 5.41) is 0. The van der Waals surface area contributed by atoms with Crippen LogP contribution in [0.4, 0.5) is 0 Å². The van der Waals surface area contributed by atoms with E-state index < -0.39 is 0 Å². The molecule has 15 heavy (non-hydrogen) atoms. The van der Waals surface area contributed by atoms with Gasteiger partial charge in [-0.05, 0) is 12.1 Å². The van der Waals surface area contributed by atoms with Gasteiger partial charge in [0, 0.05) is 17.7 Å². The topological polar surface area (TPSA) is 61.5 Å². The van der Waals surface area contributed by atoms with Crippen molar-refractivity contribution in [3.8, 4) is 11.5 Å². The molecule has 0 aromatic heterocycles. The molecule has 0 saturated carbocycles. The summed E-state index contributed by atoms with van der Waals surface area (Å²) in [5.74, 6) is 1.11. The van der Waals surface area contributed by atoms with Crippen molar-refractivity contribution in [3.63, 3.8) is 0 Å². The molecule has 0 radical (unpaired) electrons. The second-order valence-electron chi connectivity index (χ2n) is 2.74. The van der Waals surface area contributed by atoms with Gasteiger partial charge in [0.15, 0.2) is 11.5 Å². The molecule has 0 aliphatic heterocycles. The molecule has 5 heteroatoms. The Kier molecular flexibility index (Phi) is 5.74. The fourth-order valence-corrected chi connectivity index (χ4v) is 1.29.